The monoisotopic (exact) mass is 757 g/mol. The van der Waals surface area contributed by atoms with E-state index in [2.05, 4.69) is 64.9 Å². The zero-order valence-corrected chi connectivity index (χ0v) is 32.6. The van der Waals surface area contributed by atoms with Crippen LogP contribution in [0.2, 0.25) is 0 Å². The first-order valence-electron chi connectivity index (χ1n) is 18.6. The molecule has 286 valence electrons. The lowest BCUT2D eigenvalue weighted by Gasteiger charge is -2.35. The van der Waals surface area contributed by atoms with Crippen LogP contribution in [0.3, 0.4) is 0 Å². The van der Waals surface area contributed by atoms with Crippen LogP contribution in [0.4, 0.5) is 0 Å². The quantitative estimate of drug-likeness (QED) is 0.223. The van der Waals surface area contributed by atoms with Crippen molar-refractivity contribution in [2.45, 2.75) is 84.7 Å². The molecule has 15 heteroatoms. The van der Waals surface area contributed by atoms with Crippen molar-refractivity contribution in [1.29, 1.82) is 0 Å². The Morgan fingerprint density at radius 2 is 2.04 bits per heavy atom. The summed E-state index contributed by atoms with van der Waals surface area (Å²) in [5.41, 5.74) is 8.06. The third-order valence-corrected chi connectivity index (χ3v) is 11.6. The van der Waals surface area contributed by atoms with E-state index in [1.165, 1.54) is 21.2 Å². The lowest BCUT2D eigenvalue weighted by molar-refractivity contribution is -0.657. The number of imidazole rings is 1. The predicted molar refractivity (Wildman–Crippen MR) is 202 cm³/mol. The molecule has 6 bridgehead atoms. The number of rotatable bonds is 6. The predicted octanol–water partition coefficient (Wildman–Crippen LogP) is 3.43. The number of aromatic nitrogens is 4. The third kappa shape index (κ3) is 7.36. The van der Waals surface area contributed by atoms with E-state index in [0.717, 1.165) is 39.4 Å². The zero-order valence-electron chi connectivity index (χ0n) is 31.8. The number of methoxy groups -OCH3 is 1. The number of aryl methyl sites for hydroxylation is 1. The van der Waals surface area contributed by atoms with Crippen molar-refractivity contribution in [3.05, 3.63) is 52.6 Å². The molecule has 1 aromatic carbocycles. The van der Waals surface area contributed by atoms with E-state index < -0.39 is 29.4 Å². The highest BCUT2D eigenvalue weighted by molar-refractivity contribution is 7.10. The van der Waals surface area contributed by atoms with Gasteiger partial charge in [-0.25, -0.2) is 19.5 Å². The van der Waals surface area contributed by atoms with Gasteiger partial charge in [-0.3, -0.25) is 29.2 Å². The molecular weight excluding hydrogens is 709 g/mol. The van der Waals surface area contributed by atoms with Crippen molar-refractivity contribution in [1.82, 2.24) is 35.2 Å². The fourth-order valence-corrected chi connectivity index (χ4v) is 8.55. The SMILES string of the molecule is CC[n+]1c(-c2cccnc2[C@H](C)OC)n2c3cc(ccc31)-c1csc(n1)C[C@H](NC(=O)[C@@H]1CC(=O)N(C)C1)C(=O)N1CCC[C@H](N1)C(=O)OCC(C)(C)C2. The molecule has 14 nitrogen and oxygen atoms in total. The van der Waals surface area contributed by atoms with Crippen LogP contribution in [0.25, 0.3) is 33.7 Å². The second kappa shape index (κ2) is 15.2. The summed E-state index contributed by atoms with van der Waals surface area (Å²) in [7, 11) is 3.35. The lowest BCUT2D eigenvalue weighted by atomic mass is 9.94. The summed E-state index contributed by atoms with van der Waals surface area (Å²) < 4.78 is 16.4. The number of ether oxygens (including phenoxy) is 2. The van der Waals surface area contributed by atoms with Crippen molar-refractivity contribution >= 4 is 46.1 Å². The van der Waals surface area contributed by atoms with E-state index in [4.69, 9.17) is 19.4 Å². The number of hydrogen-bond acceptors (Lipinski definition) is 10. The molecule has 6 heterocycles. The van der Waals surface area contributed by atoms with E-state index in [0.29, 0.717) is 37.5 Å². The number of likely N-dealkylation sites (tertiary alicyclic amines) is 1. The first-order chi connectivity index (χ1) is 25.9. The van der Waals surface area contributed by atoms with E-state index in [-0.39, 0.29) is 49.8 Å². The Morgan fingerprint density at radius 3 is 2.78 bits per heavy atom. The van der Waals surface area contributed by atoms with Crippen LogP contribution in [-0.2, 0) is 48.2 Å². The van der Waals surface area contributed by atoms with Gasteiger partial charge in [-0.05, 0) is 57.0 Å². The van der Waals surface area contributed by atoms with Crippen LogP contribution in [-0.4, -0.2) is 94.1 Å². The van der Waals surface area contributed by atoms with E-state index in [1.807, 2.05) is 18.4 Å². The second-order valence-electron chi connectivity index (χ2n) is 15.3. The summed E-state index contributed by atoms with van der Waals surface area (Å²) in [6.45, 7) is 10.3. The van der Waals surface area contributed by atoms with E-state index >= 15 is 0 Å². The Morgan fingerprint density at radius 1 is 1.22 bits per heavy atom. The van der Waals surface area contributed by atoms with E-state index in [9.17, 15) is 19.2 Å². The minimum atomic E-state index is -0.966. The molecule has 3 amide bonds. The van der Waals surface area contributed by atoms with Gasteiger partial charge in [0.25, 0.3) is 11.7 Å². The van der Waals surface area contributed by atoms with Gasteiger partial charge in [0.1, 0.15) is 18.7 Å². The Bertz CT molecular complexity index is 2090. The molecule has 4 atom stereocenters. The van der Waals surface area contributed by atoms with Crippen LogP contribution >= 0.6 is 11.3 Å². The Kier molecular flexibility index (Phi) is 10.6. The largest absolute Gasteiger partial charge is 0.464 e. The summed E-state index contributed by atoms with van der Waals surface area (Å²) in [5.74, 6) is -0.862. The van der Waals surface area contributed by atoms with Crippen LogP contribution in [0.15, 0.2) is 41.9 Å². The molecule has 3 aliphatic heterocycles. The second-order valence-corrected chi connectivity index (χ2v) is 16.3. The Hall–Kier alpha value is -4.73. The maximum Gasteiger partial charge on any atom is 0.324 e. The maximum absolute atomic E-state index is 14.1. The van der Waals surface area contributed by atoms with Crippen LogP contribution in [0.5, 0.6) is 0 Å². The van der Waals surface area contributed by atoms with Gasteiger partial charge in [-0.2, -0.15) is 0 Å². The van der Waals surface area contributed by atoms with Gasteiger partial charge in [0.05, 0.1) is 47.1 Å². The first kappa shape index (κ1) is 37.6. The van der Waals surface area contributed by atoms with Crippen LogP contribution in [0, 0.1) is 11.3 Å². The normalized spacial score (nSPS) is 22.6. The molecule has 3 aliphatic rings. The molecule has 0 saturated carbocycles. The minimum Gasteiger partial charge on any atom is -0.464 e. The van der Waals surface area contributed by atoms with Gasteiger partial charge in [0.2, 0.25) is 11.8 Å². The molecule has 2 saturated heterocycles. The Balaban J connectivity index is 1.33. The number of amides is 3. The fourth-order valence-electron chi connectivity index (χ4n) is 7.70. The smallest absolute Gasteiger partial charge is 0.324 e. The number of fused-ring (bicyclic) bond motifs is 6. The van der Waals surface area contributed by atoms with Gasteiger partial charge in [0, 0.05) is 62.6 Å². The Labute approximate surface area is 318 Å². The van der Waals surface area contributed by atoms with Crippen molar-refractivity contribution < 1.29 is 33.2 Å². The number of pyridine rings is 1. The number of carbonyl (C=O) groups is 4. The number of benzene rings is 1. The molecular formula is C39H49N8O6S+. The zero-order chi connectivity index (χ0) is 38.3. The number of carbonyl (C=O) groups excluding carboxylic acids is 4. The van der Waals surface area contributed by atoms with Gasteiger partial charge >= 0.3 is 5.97 Å². The lowest BCUT2D eigenvalue weighted by Crippen LogP contribution is -2.60. The average Bonchev–Trinajstić information content (AvgIpc) is 3.87. The number of thiazole rings is 1. The van der Waals surface area contributed by atoms with Crippen LogP contribution in [0.1, 0.15) is 63.8 Å². The highest BCUT2D eigenvalue weighted by Gasteiger charge is 2.39. The molecule has 2 N–H and O–H groups in total. The number of nitrogens with one attached hydrogen (secondary N) is 2. The third-order valence-electron chi connectivity index (χ3n) is 10.7. The maximum atomic E-state index is 14.1. The summed E-state index contributed by atoms with van der Waals surface area (Å²) in [5, 5.41) is 7.02. The van der Waals surface area contributed by atoms with Gasteiger partial charge in [-0.15, -0.1) is 11.3 Å². The molecule has 0 aliphatic carbocycles. The summed E-state index contributed by atoms with van der Waals surface area (Å²) in [6, 6.07) is 8.63. The number of esters is 1. The molecule has 54 heavy (non-hydrogen) atoms. The molecule has 4 aromatic rings. The fraction of sp³-hybridized carbons (Fsp3) is 0.513. The molecule has 0 radical (unpaired) electrons. The number of hydrogen-bond donors (Lipinski definition) is 2. The molecule has 0 unspecified atom stereocenters. The van der Waals surface area contributed by atoms with Crippen molar-refractivity contribution in [3.63, 3.8) is 0 Å². The van der Waals surface area contributed by atoms with Gasteiger partial charge in [0.15, 0.2) is 11.0 Å². The summed E-state index contributed by atoms with van der Waals surface area (Å²) in [4.78, 5) is 64.8. The van der Waals surface area contributed by atoms with Crippen molar-refractivity contribution in [2.24, 2.45) is 11.3 Å². The number of nitrogens with zero attached hydrogens (tertiary/aromatic N) is 6. The standard InChI is InChI=1S/C39H48N8O6S/c1-7-45-30-13-12-24-16-31(30)46(36(45)26-10-8-14-40-34(26)23(2)52-6)21-39(3,4)22-53-38(51)27-11-9-15-47(43-27)37(50)28(18-32-41-29(24)20-54-32)42-35(49)25-17-33(48)44(5)19-25/h8,10,12-14,16,20,23,25,27-28,43H,7,9,11,15,17-19,21-22H2,1-6H3/p+1/t23-,25+,27-,28-/m0/s1. The highest BCUT2D eigenvalue weighted by Crippen LogP contribution is 2.35. The topological polar surface area (TPSA) is 152 Å². The summed E-state index contributed by atoms with van der Waals surface area (Å²) >= 11 is 1.43. The molecule has 3 aromatic heterocycles. The average molecular weight is 758 g/mol. The molecule has 7 rings (SSSR count). The van der Waals surface area contributed by atoms with Crippen LogP contribution < -0.4 is 15.3 Å². The summed E-state index contributed by atoms with van der Waals surface area (Å²) in [6.07, 6.45) is 2.85. The highest BCUT2D eigenvalue weighted by atomic mass is 32.1. The van der Waals surface area contributed by atoms with Gasteiger partial charge in [-0.1, -0.05) is 13.8 Å². The van der Waals surface area contributed by atoms with Gasteiger partial charge < -0.3 is 19.7 Å². The number of cyclic esters (lactones) is 1. The number of hydrazine groups is 1. The van der Waals surface area contributed by atoms with E-state index in [1.54, 1.807) is 20.4 Å². The minimum absolute atomic E-state index is 0.0916. The molecule has 0 spiro atoms. The first-order valence-corrected chi connectivity index (χ1v) is 19.5. The van der Waals surface area contributed by atoms with Crippen molar-refractivity contribution in [3.8, 4) is 22.6 Å². The van der Waals surface area contributed by atoms with Crippen molar-refractivity contribution in [2.75, 3.05) is 33.9 Å². The molecule has 2 fully saturated rings.